The third-order valence-corrected chi connectivity index (χ3v) is 8.31. The molecule has 0 saturated carbocycles. The molecule has 0 spiro atoms. The maximum absolute atomic E-state index is 14.1. The van der Waals surface area contributed by atoms with Gasteiger partial charge in [-0.05, 0) is 59.0 Å². The molecule has 2 N–H and O–H groups in total. The van der Waals surface area contributed by atoms with E-state index in [9.17, 15) is 24.3 Å². The second-order valence-corrected chi connectivity index (χ2v) is 11.2. The summed E-state index contributed by atoms with van der Waals surface area (Å²) in [6, 6.07) is 24.9. The van der Waals surface area contributed by atoms with Crippen molar-refractivity contribution in [3.8, 4) is 16.9 Å². The minimum atomic E-state index is -0.996. The molecule has 2 aliphatic heterocycles. The molecule has 3 amide bonds. The van der Waals surface area contributed by atoms with Gasteiger partial charge in [0.2, 0.25) is 11.8 Å². The zero-order valence-electron chi connectivity index (χ0n) is 24.0. The van der Waals surface area contributed by atoms with Gasteiger partial charge >= 0.3 is 0 Å². The van der Waals surface area contributed by atoms with Gasteiger partial charge in [0.15, 0.2) is 5.78 Å². The van der Waals surface area contributed by atoms with Crippen molar-refractivity contribution in [2.24, 2.45) is 0 Å². The lowest BCUT2D eigenvalue weighted by Gasteiger charge is -2.28. The standard InChI is InChI=1S/C35H32N4O5/c40-28-10-4-6-23(18-28)19-29(37-34(43)27-13-11-26(12-14-27)25-8-2-1-3-9-25)35(44)38-17-15-30-33(38)31(41)22-39(30)32(42)20-24-7-5-16-36-21-24/h1-14,16,18,21,29-30,33,40H,15,17,19-20,22H2,(H,37,43). The largest absolute Gasteiger partial charge is 0.508 e. The number of carbonyl (C=O) groups excluding carboxylic acids is 4. The van der Waals surface area contributed by atoms with Crippen molar-refractivity contribution >= 4 is 23.5 Å². The van der Waals surface area contributed by atoms with Gasteiger partial charge in [0, 0.05) is 30.9 Å². The highest BCUT2D eigenvalue weighted by Crippen LogP contribution is 2.31. The molecule has 222 valence electrons. The Morgan fingerprint density at radius 1 is 0.886 bits per heavy atom. The minimum Gasteiger partial charge on any atom is -0.508 e. The number of carbonyl (C=O) groups is 4. The summed E-state index contributed by atoms with van der Waals surface area (Å²) in [6.45, 7) is 0.227. The van der Waals surface area contributed by atoms with Crippen molar-refractivity contribution in [2.75, 3.05) is 13.1 Å². The highest BCUT2D eigenvalue weighted by atomic mass is 16.3. The van der Waals surface area contributed by atoms with E-state index in [0.717, 1.165) is 16.7 Å². The van der Waals surface area contributed by atoms with Crippen molar-refractivity contribution in [3.63, 3.8) is 0 Å². The van der Waals surface area contributed by atoms with Gasteiger partial charge in [0.1, 0.15) is 17.8 Å². The topological polar surface area (TPSA) is 120 Å². The third kappa shape index (κ3) is 6.08. The normalized spacial score (nSPS) is 18.1. The smallest absolute Gasteiger partial charge is 0.251 e. The van der Waals surface area contributed by atoms with Gasteiger partial charge in [-0.1, -0.05) is 60.7 Å². The molecule has 0 radical (unpaired) electrons. The van der Waals surface area contributed by atoms with Gasteiger partial charge in [-0.2, -0.15) is 0 Å². The molecular formula is C35H32N4O5. The number of phenolic OH excluding ortho intramolecular Hbond substituents is 1. The fourth-order valence-corrected chi connectivity index (χ4v) is 6.17. The summed E-state index contributed by atoms with van der Waals surface area (Å²) in [7, 11) is 0. The van der Waals surface area contributed by atoms with Crippen LogP contribution in [0.3, 0.4) is 0 Å². The number of aromatic hydroxyl groups is 1. The Morgan fingerprint density at radius 2 is 1.64 bits per heavy atom. The monoisotopic (exact) mass is 588 g/mol. The average Bonchev–Trinajstić information content (AvgIpc) is 3.62. The molecule has 3 aromatic carbocycles. The zero-order chi connectivity index (χ0) is 30.6. The number of pyridine rings is 1. The molecule has 9 heteroatoms. The first-order chi connectivity index (χ1) is 21.4. The van der Waals surface area contributed by atoms with Crippen LogP contribution < -0.4 is 5.32 Å². The van der Waals surface area contributed by atoms with Crippen LogP contribution in [0.15, 0.2) is 103 Å². The van der Waals surface area contributed by atoms with E-state index in [-0.39, 0.29) is 43.4 Å². The summed E-state index contributed by atoms with van der Waals surface area (Å²) < 4.78 is 0. The van der Waals surface area contributed by atoms with Crippen LogP contribution >= 0.6 is 0 Å². The lowest BCUT2D eigenvalue weighted by Crippen LogP contribution is -2.53. The Bertz CT molecular complexity index is 1680. The summed E-state index contributed by atoms with van der Waals surface area (Å²) in [5.41, 5.74) is 3.78. The number of likely N-dealkylation sites (tertiary alicyclic amines) is 2. The minimum absolute atomic E-state index is 0.0477. The van der Waals surface area contributed by atoms with Crippen molar-refractivity contribution in [2.45, 2.75) is 37.4 Å². The Morgan fingerprint density at radius 3 is 2.36 bits per heavy atom. The average molecular weight is 589 g/mol. The number of amides is 3. The number of nitrogens with zero attached hydrogens (tertiary/aromatic N) is 3. The maximum Gasteiger partial charge on any atom is 0.251 e. The van der Waals surface area contributed by atoms with Crippen LogP contribution in [-0.2, 0) is 27.2 Å². The number of nitrogens with one attached hydrogen (secondary N) is 1. The molecule has 1 aromatic heterocycles. The number of hydrogen-bond donors (Lipinski definition) is 2. The van der Waals surface area contributed by atoms with Gasteiger partial charge in [-0.25, -0.2) is 0 Å². The Labute approximate surface area is 255 Å². The van der Waals surface area contributed by atoms with E-state index in [1.54, 1.807) is 53.7 Å². The molecular weight excluding hydrogens is 556 g/mol. The first-order valence-electron chi connectivity index (χ1n) is 14.6. The van der Waals surface area contributed by atoms with Crippen molar-refractivity contribution in [3.05, 3.63) is 120 Å². The number of fused-ring (bicyclic) bond motifs is 1. The fourth-order valence-electron chi connectivity index (χ4n) is 6.17. The van der Waals surface area contributed by atoms with Crippen molar-refractivity contribution < 1.29 is 24.3 Å². The van der Waals surface area contributed by atoms with Crippen LogP contribution in [0, 0.1) is 0 Å². The molecule has 6 rings (SSSR count). The SMILES string of the molecule is O=C(NC(Cc1cccc(O)c1)C(=O)N1CCC2C1C(=O)CN2C(=O)Cc1cccnc1)c1ccc(-c2ccccc2)cc1. The molecule has 4 aromatic rings. The number of hydrogen-bond acceptors (Lipinski definition) is 6. The zero-order valence-corrected chi connectivity index (χ0v) is 24.0. The van der Waals surface area contributed by atoms with E-state index in [1.165, 1.54) is 11.0 Å². The summed E-state index contributed by atoms with van der Waals surface area (Å²) in [5, 5.41) is 12.9. The maximum atomic E-state index is 14.1. The van der Waals surface area contributed by atoms with Crippen LogP contribution in [0.2, 0.25) is 0 Å². The second-order valence-electron chi connectivity index (χ2n) is 11.2. The summed E-state index contributed by atoms with van der Waals surface area (Å²) >= 11 is 0. The van der Waals surface area contributed by atoms with Crippen LogP contribution in [-0.4, -0.2) is 74.6 Å². The van der Waals surface area contributed by atoms with Crippen molar-refractivity contribution in [1.29, 1.82) is 0 Å². The quantitative estimate of drug-likeness (QED) is 0.326. The number of Topliss-reactive ketones (excluding diaryl/α,β-unsaturated/α-hetero) is 1. The molecule has 2 aliphatic rings. The Hall–Kier alpha value is -5.31. The van der Waals surface area contributed by atoms with E-state index in [1.807, 2.05) is 48.5 Å². The van der Waals surface area contributed by atoms with Crippen molar-refractivity contribution in [1.82, 2.24) is 20.1 Å². The van der Waals surface area contributed by atoms with Crippen LogP contribution in [0.1, 0.15) is 27.9 Å². The number of rotatable bonds is 8. The molecule has 2 fully saturated rings. The van der Waals surface area contributed by atoms with E-state index < -0.39 is 29.9 Å². The lowest BCUT2D eigenvalue weighted by molar-refractivity contribution is -0.138. The molecule has 9 nitrogen and oxygen atoms in total. The molecule has 0 bridgehead atoms. The van der Waals surface area contributed by atoms with Crippen LogP contribution in [0.5, 0.6) is 5.75 Å². The number of ketones is 1. The predicted molar refractivity (Wildman–Crippen MR) is 164 cm³/mol. The number of phenols is 1. The molecule has 3 unspecified atom stereocenters. The number of aromatic nitrogens is 1. The molecule has 3 heterocycles. The summed E-state index contributed by atoms with van der Waals surface area (Å²) in [4.78, 5) is 61.1. The highest BCUT2D eigenvalue weighted by molar-refractivity contribution is 6.01. The first-order valence-corrected chi connectivity index (χ1v) is 14.6. The summed E-state index contributed by atoms with van der Waals surface area (Å²) in [6.07, 6.45) is 3.97. The molecule has 0 aliphatic carbocycles. The van der Waals surface area contributed by atoms with Crippen LogP contribution in [0.4, 0.5) is 0 Å². The van der Waals surface area contributed by atoms with Gasteiger partial charge in [-0.3, -0.25) is 24.2 Å². The van der Waals surface area contributed by atoms with Gasteiger partial charge in [0.05, 0.1) is 19.0 Å². The van der Waals surface area contributed by atoms with E-state index in [2.05, 4.69) is 10.3 Å². The predicted octanol–water partition coefficient (Wildman–Crippen LogP) is 3.42. The number of benzene rings is 3. The molecule has 44 heavy (non-hydrogen) atoms. The second kappa shape index (κ2) is 12.5. The van der Waals surface area contributed by atoms with E-state index in [0.29, 0.717) is 17.5 Å². The molecule has 3 atom stereocenters. The Kier molecular flexibility index (Phi) is 8.18. The fraction of sp³-hybridized carbons (Fsp3) is 0.229. The van der Waals surface area contributed by atoms with Gasteiger partial charge < -0.3 is 20.2 Å². The third-order valence-electron chi connectivity index (χ3n) is 8.31. The van der Waals surface area contributed by atoms with Crippen LogP contribution in [0.25, 0.3) is 11.1 Å². The van der Waals surface area contributed by atoms with Gasteiger partial charge in [0.25, 0.3) is 5.91 Å². The summed E-state index contributed by atoms with van der Waals surface area (Å²) in [5.74, 6) is -1.16. The molecule has 2 saturated heterocycles. The Balaban J connectivity index is 1.20. The first kappa shape index (κ1) is 28.8. The van der Waals surface area contributed by atoms with Gasteiger partial charge in [-0.15, -0.1) is 0 Å². The lowest BCUT2D eigenvalue weighted by atomic mass is 10.0. The highest BCUT2D eigenvalue weighted by Gasteiger charge is 2.52. The van der Waals surface area contributed by atoms with E-state index >= 15 is 0 Å². The van der Waals surface area contributed by atoms with E-state index in [4.69, 9.17) is 0 Å².